The maximum absolute atomic E-state index is 15.1. The second-order valence-corrected chi connectivity index (χ2v) is 13.4. The van der Waals surface area contributed by atoms with Crippen molar-refractivity contribution >= 4 is 20.0 Å². The van der Waals surface area contributed by atoms with E-state index >= 15 is 4.39 Å². The summed E-state index contributed by atoms with van der Waals surface area (Å²) in [4.78, 5) is 2.69. The summed E-state index contributed by atoms with van der Waals surface area (Å²) in [6.07, 6.45) is -3.42. The summed E-state index contributed by atoms with van der Waals surface area (Å²) in [7, 11) is -8.38. The van der Waals surface area contributed by atoms with Gasteiger partial charge >= 0.3 is 6.18 Å². The lowest BCUT2D eigenvalue weighted by Crippen LogP contribution is -2.61. The van der Waals surface area contributed by atoms with Crippen LogP contribution in [0.1, 0.15) is 43.4 Å². The number of nitrogens with one attached hydrogen (secondary N) is 1. The van der Waals surface area contributed by atoms with E-state index in [-0.39, 0.29) is 31.8 Å². The quantitative estimate of drug-likeness (QED) is 0.587. The zero-order valence-electron chi connectivity index (χ0n) is 18.7. The molecule has 1 saturated heterocycles. The second-order valence-electron chi connectivity index (χ2n) is 9.53. The van der Waals surface area contributed by atoms with Crippen molar-refractivity contribution in [1.29, 1.82) is 0 Å². The molecule has 1 aromatic carbocycles. The molecule has 0 unspecified atom stereocenters. The molecule has 0 bridgehead atoms. The van der Waals surface area contributed by atoms with Gasteiger partial charge in [0.15, 0.2) is 9.84 Å². The van der Waals surface area contributed by atoms with Crippen LogP contribution in [-0.4, -0.2) is 44.8 Å². The summed E-state index contributed by atoms with van der Waals surface area (Å²) in [5.74, 6) is -2.42. The fourth-order valence-electron chi connectivity index (χ4n) is 5.35. The van der Waals surface area contributed by atoms with Crippen molar-refractivity contribution in [3.63, 3.8) is 0 Å². The van der Waals surface area contributed by atoms with Crippen molar-refractivity contribution in [3.05, 3.63) is 59.4 Å². The summed E-state index contributed by atoms with van der Waals surface area (Å²) in [5.41, 5.74) is -1.73. The topological polar surface area (TPSA) is 96.4 Å². The maximum atomic E-state index is 15.1. The first kappa shape index (κ1) is 25.5. The summed E-state index contributed by atoms with van der Waals surface area (Å²) in [6, 6.07) is 2.90. The van der Waals surface area contributed by atoms with Gasteiger partial charge in [0.1, 0.15) is 22.1 Å². The molecule has 7 nitrogen and oxygen atoms in total. The standard InChI is InChI=1S/C22H22F5N3O4S2/c23-14-1-5-18(24)17(9-14)21(35(31,32)16-4-6-20(28-11-16)22(25,26)27)8-7-19-13(10-21)12-30(15-2-3-15)36(33,34)29-19/h1,4-6,9,11,13,15,19,29H,2-3,7-8,10,12H2/t13-,19-,21+/m1/s1. The lowest BCUT2D eigenvalue weighted by atomic mass is 9.74. The van der Waals surface area contributed by atoms with Crippen molar-refractivity contribution in [2.24, 2.45) is 5.92 Å². The van der Waals surface area contributed by atoms with E-state index in [1.54, 1.807) is 0 Å². The van der Waals surface area contributed by atoms with Crippen LogP contribution >= 0.6 is 0 Å². The number of fused-ring (bicyclic) bond motifs is 1. The van der Waals surface area contributed by atoms with Gasteiger partial charge in [-0.15, -0.1) is 0 Å². The molecule has 14 heteroatoms. The molecule has 2 aliphatic carbocycles. The van der Waals surface area contributed by atoms with Crippen LogP contribution in [0.2, 0.25) is 0 Å². The van der Waals surface area contributed by atoms with Gasteiger partial charge in [-0.2, -0.15) is 30.6 Å². The van der Waals surface area contributed by atoms with Crippen LogP contribution in [0.15, 0.2) is 41.4 Å². The molecule has 2 saturated carbocycles. The SMILES string of the molecule is O=S1(=O)N[C@@H]2CC[C@](c3cc(F)ccc3F)(S(=O)(=O)c3ccc(C(F)(F)F)nc3)C[C@@H]2CN1C1CC1. The number of hydrogen-bond donors (Lipinski definition) is 1. The third-order valence-electron chi connectivity index (χ3n) is 7.27. The van der Waals surface area contributed by atoms with Gasteiger partial charge in [-0.05, 0) is 68.4 Å². The van der Waals surface area contributed by atoms with Gasteiger partial charge in [-0.25, -0.2) is 17.2 Å². The minimum atomic E-state index is -4.79. The Morgan fingerprint density at radius 3 is 2.42 bits per heavy atom. The maximum Gasteiger partial charge on any atom is 0.433 e. The smallest absolute Gasteiger partial charge is 0.250 e. The Hall–Kier alpha value is -2.16. The van der Waals surface area contributed by atoms with Crippen LogP contribution in [0, 0.1) is 17.6 Å². The molecule has 3 aliphatic rings. The molecular formula is C22H22F5N3O4S2. The van der Waals surface area contributed by atoms with Gasteiger partial charge in [0.05, 0.1) is 4.90 Å². The Bertz CT molecular complexity index is 1400. The zero-order valence-corrected chi connectivity index (χ0v) is 20.3. The first-order valence-corrected chi connectivity index (χ1v) is 14.2. The monoisotopic (exact) mass is 551 g/mol. The number of sulfone groups is 1. The number of benzene rings is 1. The van der Waals surface area contributed by atoms with E-state index in [4.69, 9.17) is 0 Å². The highest BCUT2D eigenvalue weighted by Gasteiger charge is 2.56. The van der Waals surface area contributed by atoms with Gasteiger partial charge < -0.3 is 0 Å². The zero-order chi connectivity index (χ0) is 26.1. The van der Waals surface area contributed by atoms with Gasteiger partial charge in [-0.3, -0.25) is 4.98 Å². The average molecular weight is 552 g/mol. The van der Waals surface area contributed by atoms with Gasteiger partial charge in [0, 0.05) is 30.4 Å². The van der Waals surface area contributed by atoms with E-state index in [1.807, 2.05) is 0 Å². The van der Waals surface area contributed by atoms with E-state index in [9.17, 15) is 34.4 Å². The third kappa shape index (κ3) is 4.21. The van der Waals surface area contributed by atoms with Crippen LogP contribution in [0.5, 0.6) is 0 Å². The van der Waals surface area contributed by atoms with Gasteiger partial charge in [-0.1, -0.05) is 0 Å². The first-order chi connectivity index (χ1) is 16.7. The van der Waals surface area contributed by atoms with Gasteiger partial charge in [0.2, 0.25) is 0 Å². The summed E-state index contributed by atoms with van der Waals surface area (Å²) in [5, 5.41) is 0. The van der Waals surface area contributed by atoms with Crippen molar-refractivity contribution in [2.75, 3.05) is 6.54 Å². The molecule has 1 N–H and O–H groups in total. The summed E-state index contributed by atoms with van der Waals surface area (Å²) in [6.45, 7) is 0.00410. The Kier molecular flexibility index (Phi) is 5.97. The van der Waals surface area contributed by atoms with Crippen LogP contribution in [0.25, 0.3) is 0 Å². The highest BCUT2D eigenvalue weighted by Crippen LogP contribution is 2.51. The highest BCUT2D eigenvalue weighted by molar-refractivity contribution is 7.92. The van der Waals surface area contributed by atoms with E-state index in [1.165, 1.54) is 4.31 Å². The molecule has 2 heterocycles. The van der Waals surface area contributed by atoms with Crippen molar-refractivity contribution in [2.45, 2.75) is 60.0 Å². The fraction of sp³-hybridized carbons (Fsp3) is 0.500. The van der Waals surface area contributed by atoms with E-state index in [0.717, 1.165) is 24.3 Å². The summed E-state index contributed by atoms with van der Waals surface area (Å²) >= 11 is 0. The lowest BCUT2D eigenvalue weighted by Gasteiger charge is -2.48. The third-order valence-corrected chi connectivity index (χ3v) is 11.4. The van der Waals surface area contributed by atoms with Crippen LogP contribution in [0.4, 0.5) is 22.0 Å². The Morgan fingerprint density at radius 2 is 1.81 bits per heavy atom. The molecule has 36 heavy (non-hydrogen) atoms. The van der Waals surface area contributed by atoms with Crippen LogP contribution in [-0.2, 0) is 31.0 Å². The predicted octanol–water partition coefficient (Wildman–Crippen LogP) is 3.53. The minimum Gasteiger partial charge on any atom is -0.250 e. The van der Waals surface area contributed by atoms with Crippen molar-refractivity contribution in [1.82, 2.24) is 14.0 Å². The van der Waals surface area contributed by atoms with Gasteiger partial charge in [0.25, 0.3) is 10.2 Å². The molecule has 1 aliphatic heterocycles. The molecule has 0 spiro atoms. The molecule has 3 fully saturated rings. The molecule has 0 radical (unpaired) electrons. The largest absolute Gasteiger partial charge is 0.433 e. The molecule has 3 atom stereocenters. The van der Waals surface area contributed by atoms with E-state index in [2.05, 4.69) is 9.71 Å². The van der Waals surface area contributed by atoms with Crippen molar-refractivity contribution in [3.8, 4) is 0 Å². The number of hydrogen-bond acceptors (Lipinski definition) is 5. The van der Waals surface area contributed by atoms with E-state index in [0.29, 0.717) is 25.1 Å². The predicted molar refractivity (Wildman–Crippen MR) is 117 cm³/mol. The lowest BCUT2D eigenvalue weighted by molar-refractivity contribution is -0.141. The molecular weight excluding hydrogens is 529 g/mol. The van der Waals surface area contributed by atoms with Crippen LogP contribution < -0.4 is 4.72 Å². The van der Waals surface area contributed by atoms with Crippen LogP contribution in [0.3, 0.4) is 0 Å². The number of nitrogens with zero attached hydrogens (tertiary/aromatic N) is 2. The molecule has 1 aromatic heterocycles. The normalized spacial score (nSPS) is 29.0. The molecule has 0 amide bonds. The number of pyridine rings is 1. The first-order valence-electron chi connectivity index (χ1n) is 11.3. The number of rotatable bonds is 4. The number of aromatic nitrogens is 1. The highest BCUT2D eigenvalue weighted by atomic mass is 32.2. The molecule has 5 rings (SSSR count). The second kappa shape index (κ2) is 8.43. The number of alkyl halides is 3. The molecule has 196 valence electrons. The average Bonchev–Trinajstić information content (AvgIpc) is 3.64. The fourth-order valence-corrected chi connectivity index (χ4v) is 9.32. The Balaban J connectivity index is 1.61. The summed E-state index contributed by atoms with van der Waals surface area (Å²) < 4.78 is 124. The van der Waals surface area contributed by atoms with Crippen molar-refractivity contribution < 1.29 is 38.8 Å². The van der Waals surface area contributed by atoms with E-state index < -0.39 is 70.7 Å². The Labute approximate surface area is 204 Å². The number of halogens is 5. The minimum absolute atomic E-state index is 0.00410. The molecule has 2 aromatic rings. The Morgan fingerprint density at radius 1 is 1.08 bits per heavy atom.